The number of aliphatic carboxylic acids is 1. The average molecular weight is 268 g/mol. The summed E-state index contributed by atoms with van der Waals surface area (Å²) in [5.41, 5.74) is -0.989. The van der Waals surface area contributed by atoms with Crippen molar-refractivity contribution in [3.05, 3.63) is 30.1 Å². The van der Waals surface area contributed by atoms with Crippen molar-refractivity contribution >= 4 is 17.7 Å². The van der Waals surface area contributed by atoms with Gasteiger partial charge in [-0.25, -0.2) is 14.0 Å². The first-order valence-corrected chi connectivity index (χ1v) is 5.68. The topological polar surface area (TPSA) is 60.9 Å². The highest BCUT2D eigenvalue weighted by molar-refractivity contribution is 5.95. The van der Waals surface area contributed by atoms with E-state index in [1.54, 1.807) is 6.07 Å². The van der Waals surface area contributed by atoms with Crippen molar-refractivity contribution in [3.8, 4) is 0 Å². The lowest BCUT2D eigenvalue weighted by Crippen LogP contribution is -2.54. The van der Waals surface area contributed by atoms with E-state index in [0.717, 1.165) is 4.90 Å². The summed E-state index contributed by atoms with van der Waals surface area (Å²) < 4.78 is 13.1. The lowest BCUT2D eigenvalue weighted by atomic mass is 10.0. The van der Waals surface area contributed by atoms with Crippen LogP contribution in [0.4, 0.5) is 14.9 Å². The first-order chi connectivity index (χ1) is 8.67. The molecule has 1 rings (SSSR count). The highest BCUT2D eigenvalue weighted by Crippen LogP contribution is 2.19. The van der Waals surface area contributed by atoms with Crippen LogP contribution in [0, 0.1) is 5.82 Å². The summed E-state index contributed by atoms with van der Waals surface area (Å²) >= 11 is 0. The summed E-state index contributed by atoms with van der Waals surface area (Å²) in [7, 11) is 2.86. The summed E-state index contributed by atoms with van der Waals surface area (Å²) in [4.78, 5) is 25.6. The lowest BCUT2D eigenvalue weighted by Gasteiger charge is -2.34. The second kappa shape index (κ2) is 5.26. The van der Waals surface area contributed by atoms with E-state index in [-0.39, 0.29) is 0 Å². The maximum Gasteiger partial charge on any atom is 0.329 e. The quantitative estimate of drug-likeness (QED) is 0.914. The monoisotopic (exact) mass is 268 g/mol. The van der Waals surface area contributed by atoms with E-state index in [2.05, 4.69) is 0 Å². The van der Waals surface area contributed by atoms with Gasteiger partial charge in [0.25, 0.3) is 0 Å². The number of carbonyl (C=O) groups excluding carboxylic acids is 1. The maximum absolute atomic E-state index is 13.1. The van der Waals surface area contributed by atoms with E-state index in [4.69, 9.17) is 5.11 Å². The van der Waals surface area contributed by atoms with E-state index in [1.165, 1.54) is 51.0 Å². The molecule has 0 fully saturated rings. The number of carboxylic acids is 1. The Hall–Kier alpha value is -2.11. The molecule has 2 amide bonds. The summed E-state index contributed by atoms with van der Waals surface area (Å²) in [6, 6.07) is 5.00. The first kappa shape index (κ1) is 14.9. The third kappa shape index (κ3) is 3.01. The van der Waals surface area contributed by atoms with Gasteiger partial charge in [0.05, 0.1) is 0 Å². The number of hydrogen-bond acceptors (Lipinski definition) is 2. The minimum absolute atomic E-state index is 0.359. The molecule has 0 aliphatic rings. The van der Waals surface area contributed by atoms with E-state index in [1.807, 2.05) is 0 Å². The molecule has 0 atom stereocenters. The van der Waals surface area contributed by atoms with Gasteiger partial charge in [-0.2, -0.15) is 0 Å². The standard InChI is InChI=1S/C13H17FN2O3/c1-13(2,11(17)18)16(4)12(19)15(3)10-7-5-6-9(14)8-10/h5-8H,1-4H3,(H,17,18). The minimum Gasteiger partial charge on any atom is -0.480 e. The second-order valence-electron chi connectivity index (χ2n) is 4.74. The molecule has 0 spiro atoms. The molecule has 0 unspecified atom stereocenters. The third-order valence-corrected chi connectivity index (χ3v) is 3.13. The number of anilines is 1. The molecule has 6 heteroatoms. The molecule has 104 valence electrons. The largest absolute Gasteiger partial charge is 0.480 e. The fourth-order valence-corrected chi connectivity index (χ4v) is 1.40. The van der Waals surface area contributed by atoms with Gasteiger partial charge in [-0.3, -0.25) is 4.90 Å². The van der Waals surface area contributed by atoms with Crippen LogP contribution in [0.25, 0.3) is 0 Å². The SMILES string of the molecule is CN(C(=O)N(C)C(C)(C)C(=O)O)c1cccc(F)c1. The van der Waals surface area contributed by atoms with Gasteiger partial charge < -0.3 is 10.0 Å². The Balaban J connectivity index is 2.98. The highest BCUT2D eigenvalue weighted by Gasteiger charge is 2.36. The zero-order valence-electron chi connectivity index (χ0n) is 11.3. The molecular weight excluding hydrogens is 251 g/mol. The number of carboxylic acid groups (broad SMARTS) is 1. The second-order valence-corrected chi connectivity index (χ2v) is 4.74. The third-order valence-electron chi connectivity index (χ3n) is 3.13. The fraction of sp³-hybridized carbons (Fsp3) is 0.385. The Bertz CT molecular complexity index is 502. The van der Waals surface area contributed by atoms with Crippen molar-refractivity contribution in [2.24, 2.45) is 0 Å². The molecule has 0 aromatic heterocycles. The number of amides is 2. The van der Waals surface area contributed by atoms with Crippen LogP contribution in [-0.2, 0) is 4.79 Å². The van der Waals surface area contributed by atoms with E-state index < -0.39 is 23.4 Å². The van der Waals surface area contributed by atoms with Crippen LogP contribution in [-0.4, -0.2) is 41.6 Å². The van der Waals surface area contributed by atoms with Crippen LogP contribution in [0.3, 0.4) is 0 Å². The zero-order valence-corrected chi connectivity index (χ0v) is 11.3. The number of carbonyl (C=O) groups is 2. The molecule has 0 aliphatic carbocycles. The van der Waals surface area contributed by atoms with Gasteiger partial charge in [-0.15, -0.1) is 0 Å². The van der Waals surface area contributed by atoms with Crippen LogP contribution in [0.2, 0.25) is 0 Å². The molecule has 0 saturated heterocycles. The van der Waals surface area contributed by atoms with Gasteiger partial charge in [-0.05, 0) is 32.0 Å². The molecule has 0 aliphatic heterocycles. The average Bonchev–Trinajstić information content (AvgIpc) is 2.35. The number of benzene rings is 1. The molecule has 1 aromatic carbocycles. The number of halogens is 1. The van der Waals surface area contributed by atoms with E-state index in [9.17, 15) is 14.0 Å². The molecule has 0 radical (unpaired) electrons. The molecular formula is C13H17FN2O3. The van der Waals surface area contributed by atoms with Gasteiger partial charge in [0.1, 0.15) is 11.4 Å². The number of hydrogen-bond donors (Lipinski definition) is 1. The predicted molar refractivity (Wildman–Crippen MR) is 69.7 cm³/mol. The Kier molecular flexibility index (Phi) is 4.14. The molecule has 1 N–H and O–H groups in total. The van der Waals surface area contributed by atoms with E-state index >= 15 is 0 Å². The Morgan fingerprint density at radius 1 is 1.26 bits per heavy atom. The van der Waals surface area contributed by atoms with Crippen molar-refractivity contribution < 1.29 is 19.1 Å². The van der Waals surface area contributed by atoms with Crippen LogP contribution < -0.4 is 4.90 Å². The van der Waals surface area contributed by atoms with Crippen molar-refractivity contribution in [2.75, 3.05) is 19.0 Å². The Labute approximate surface area is 111 Å². The Morgan fingerprint density at radius 2 is 1.84 bits per heavy atom. The summed E-state index contributed by atoms with van der Waals surface area (Å²) in [6.07, 6.45) is 0. The van der Waals surface area contributed by atoms with Gasteiger partial charge in [-0.1, -0.05) is 6.07 Å². The summed E-state index contributed by atoms with van der Waals surface area (Å²) in [5, 5.41) is 9.08. The smallest absolute Gasteiger partial charge is 0.329 e. The zero-order chi connectivity index (χ0) is 14.8. The van der Waals surface area contributed by atoms with Crippen molar-refractivity contribution in [2.45, 2.75) is 19.4 Å². The van der Waals surface area contributed by atoms with Crippen molar-refractivity contribution in [1.29, 1.82) is 0 Å². The van der Waals surface area contributed by atoms with Crippen LogP contribution in [0.1, 0.15) is 13.8 Å². The van der Waals surface area contributed by atoms with Crippen molar-refractivity contribution in [1.82, 2.24) is 4.90 Å². The van der Waals surface area contributed by atoms with Crippen molar-refractivity contribution in [3.63, 3.8) is 0 Å². The minimum atomic E-state index is -1.35. The lowest BCUT2D eigenvalue weighted by molar-refractivity contribution is -0.146. The van der Waals surface area contributed by atoms with Gasteiger partial charge in [0, 0.05) is 19.8 Å². The van der Waals surface area contributed by atoms with Crippen LogP contribution in [0.5, 0.6) is 0 Å². The maximum atomic E-state index is 13.1. The van der Waals surface area contributed by atoms with Gasteiger partial charge in [0.15, 0.2) is 0 Å². The molecule has 19 heavy (non-hydrogen) atoms. The number of urea groups is 1. The molecule has 1 aromatic rings. The first-order valence-electron chi connectivity index (χ1n) is 5.68. The summed E-state index contributed by atoms with van der Waals surface area (Å²) in [6.45, 7) is 2.85. The fourth-order valence-electron chi connectivity index (χ4n) is 1.40. The van der Waals surface area contributed by atoms with Gasteiger partial charge in [0.2, 0.25) is 0 Å². The molecule has 0 bridgehead atoms. The Morgan fingerprint density at radius 3 is 2.32 bits per heavy atom. The highest BCUT2D eigenvalue weighted by atomic mass is 19.1. The van der Waals surface area contributed by atoms with Gasteiger partial charge >= 0.3 is 12.0 Å². The van der Waals surface area contributed by atoms with Crippen LogP contribution >= 0.6 is 0 Å². The normalized spacial score (nSPS) is 11.0. The molecule has 0 heterocycles. The molecule has 0 saturated carbocycles. The predicted octanol–water partition coefficient (Wildman–Crippen LogP) is 2.18. The molecule has 5 nitrogen and oxygen atoms in total. The van der Waals surface area contributed by atoms with Crippen LogP contribution in [0.15, 0.2) is 24.3 Å². The summed E-state index contributed by atoms with van der Waals surface area (Å²) in [5.74, 6) is -1.58. The number of rotatable bonds is 3. The number of likely N-dealkylation sites (N-methyl/N-ethyl adjacent to an activating group) is 1. The van der Waals surface area contributed by atoms with E-state index in [0.29, 0.717) is 5.69 Å². The number of nitrogens with zero attached hydrogens (tertiary/aromatic N) is 2.